The van der Waals surface area contributed by atoms with E-state index in [2.05, 4.69) is 11.3 Å². The van der Waals surface area contributed by atoms with E-state index in [9.17, 15) is 14.7 Å². The molecular formula is C10H14O6. The lowest BCUT2D eigenvalue weighted by molar-refractivity contribution is -0.173. The summed E-state index contributed by atoms with van der Waals surface area (Å²) >= 11 is 0. The number of aliphatic hydroxyl groups is 1. The van der Waals surface area contributed by atoms with Crippen molar-refractivity contribution in [2.45, 2.75) is 25.7 Å². The third-order valence-corrected chi connectivity index (χ3v) is 1.96. The summed E-state index contributed by atoms with van der Waals surface area (Å²) in [4.78, 5) is 22.1. The molecule has 16 heavy (non-hydrogen) atoms. The van der Waals surface area contributed by atoms with Gasteiger partial charge in [-0.25, -0.2) is 9.59 Å². The Hall–Kier alpha value is -1.40. The van der Waals surface area contributed by atoms with E-state index >= 15 is 0 Å². The number of ether oxygens (including phenoxy) is 3. The highest BCUT2D eigenvalue weighted by Crippen LogP contribution is 2.14. The summed E-state index contributed by atoms with van der Waals surface area (Å²) < 4.78 is 14.2. The molecule has 1 aliphatic heterocycles. The van der Waals surface area contributed by atoms with Crippen LogP contribution in [0.2, 0.25) is 0 Å². The summed E-state index contributed by atoms with van der Waals surface area (Å²) in [6.07, 6.45) is -1.35. The Morgan fingerprint density at radius 1 is 1.56 bits per heavy atom. The smallest absolute Gasteiger partial charge is 0.344 e. The zero-order valence-corrected chi connectivity index (χ0v) is 8.97. The van der Waals surface area contributed by atoms with Crippen LogP contribution in [0.5, 0.6) is 0 Å². The second-order valence-corrected chi connectivity index (χ2v) is 3.43. The van der Waals surface area contributed by atoms with Gasteiger partial charge in [0.1, 0.15) is 0 Å². The van der Waals surface area contributed by atoms with Crippen molar-refractivity contribution in [3.05, 3.63) is 12.2 Å². The van der Waals surface area contributed by atoms with E-state index in [0.717, 1.165) is 0 Å². The van der Waals surface area contributed by atoms with Gasteiger partial charge in [0.05, 0.1) is 6.61 Å². The number of rotatable bonds is 4. The van der Waals surface area contributed by atoms with Gasteiger partial charge in [-0.3, -0.25) is 0 Å². The SMILES string of the molecule is C=C(C)C(=O)OCC(=O)OC1CCOC1O. The fraction of sp³-hybridized carbons (Fsp3) is 0.600. The molecule has 0 spiro atoms. The second kappa shape index (κ2) is 5.62. The zero-order valence-electron chi connectivity index (χ0n) is 8.97. The van der Waals surface area contributed by atoms with E-state index in [1.54, 1.807) is 0 Å². The van der Waals surface area contributed by atoms with E-state index < -0.39 is 30.9 Å². The van der Waals surface area contributed by atoms with E-state index in [0.29, 0.717) is 13.0 Å². The first-order chi connectivity index (χ1) is 7.50. The van der Waals surface area contributed by atoms with Crippen molar-refractivity contribution in [3.8, 4) is 0 Å². The van der Waals surface area contributed by atoms with Gasteiger partial charge in [-0.1, -0.05) is 6.58 Å². The van der Waals surface area contributed by atoms with Crippen molar-refractivity contribution >= 4 is 11.9 Å². The molecule has 0 amide bonds. The predicted molar refractivity (Wildman–Crippen MR) is 52.2 cm³/mol. The Kier molecular flexibility index (Phi) is 4.45. The van der Waals surface area contributed by atoms with Crippen molar-refractivity contribution < 1.29 is 28.9 Å². The normalized spacial score (nSPS) is 23.9. The molecule has 0 aliphatic carbocycles. The van der Waals surface area contributed by atoms with E-state index in [1.165, 1.54) is 6.92 Å². The number of esters is 2. The molecule has 1 aliphatic rings. The lowest BCUT2D eigenvalue weighted by Crippen LogP contribution is -2.29. The van der Waals surface area contributed by atoms with Crippen LogP contribution < -0.4 is 0 Å². The van der Waals surface area contributed by atoms with Gasteiger partial charge in [-0.15, -0.1) is 0 Å². The number of hydrogen-bond acceptors (Lipinski definition) is 6. The summed E-state index contributed by atoms with van der Waals surface area (Å²) in [5, 5.41) is 9.18. The highest BCUT2D eigenvalue weighted by molar-refractivity contribution is 5.88. The third kappa shape index (κ3) is 3.63. The molecule has 0 bridgehead atoms. The molecule has 90 valence electrons. The van der Waals surface area contributed by atoms with Gasteiger partial charge in [0.15, 0.2) is 19.0 Å². The van der Waals surface area contributed by atoms with Crippen LogP contribution in [0, 0.1) is 0 Å². The first kappa shape index (κ1) is 12.7. The lowest BCUT2D eigenvalue weighted by atomic mass is 10.3. The van der Waals surface area contributed by atoms with Crippen LogP contribution in [-0.4, -0.2) is 42.7 Å². The van der Waals surface area contributed by atoms with Gasteiger partial charge < -0.3 is 19.3 Å². The summed E-state index contributed by atoms with van der Waals surface area (Å²) in [6, 6.07) is 0. The maximum Gasteiger partial charge on any atom is 0.344 e. The topological polar surface area (TPSA) is 82.1 Å². The van der Waals surface area contributed by atoms with Crippen LogP contribution in [0.1, 0.15) is 13.3 Å². The molecule has 1 heterocycles. The highest BCUT2D eigenvalue weighted by atomic mass is 16.7. The van der Waals surface area contributed by atoms with Crippen LogP contribution in [0.4, 0.5) is 0 Å². The van der Waals surface area contributed by atoms with Crippen LogP contribution in [0.25, 0.3) is 0 Å². The van der Waals surface area contributed by atoms with Gasteiger partial charge in [-0.05, 0) is 6.92 Å². The molecule has 2 atom stereocenters. The Morgan fingerprint density at radius 2 is 2.25 bits per heavy atom. The minimum atomic E-state index is -1.10. The van der Waals surface area contributed by atoms with Crippen molar-refractivity contribution in [2.24, 2.45) is 0 Å². The predicted octanol–water partition coefficient (Wildman–Crippen LogP) is -0.244. The Bertz CT molecular complexity index is 298. The molecule has 1 fully saturated rings. The third-order valence-electron chi connectivity index (χ3n) is 1.96. The van der Waals surface area contributed by atoms with E-state index in [4.69, 9.17) is 9.47 Å². The average Bonchev–Trinajstić information content (AvgIpc) is 2.60. The minimum absolute atomic E-state index is 0.206. The van der Waals surface area contributed by atoms with Gasteiger partial charge in [0.25, 0.3) is 0 Å². The number of aliphatic hydroxyl groups excluding tert-OH is 1. The van der Waals surface area contributed by atoms with Crippen LogP contribution in [-0.2, 0) is 23.8 Å². The van der Waals surface area contributed by atoms with Crippen LogP contribution >= 0.6 is 0 Å². The van der Waals surface area contributed by atoms with Crippen LogP contribution in [0.15, 0.2) is 12.2 Å². The van der Waals surface area contributed by atoms with Crippen molar-refractivity contribution in [1.82, 2.24) is 0 Å². The lowest BCUT2D eigenvalue weighted by Gasteiger charge is -2.14. The molecule has 0 aromatic rings. The van der Waals surface area contributed by atoms with Crippen LogP contribution in [0.3, 0.4) is 0 Å². The summed E-state index contributed by atoms with van der Waals surface area (Å²) in [5.41, 5.74) is 0.206. The summed E-state index contributed by atoms with van der Waals surface area (Å²) in [6.45, 7) is 4.68. The number of hydrogen-bond donors (Lipinski definition) is 1. The molecule has 0 aromatic heterocycles. The standard InChI is InChI=1S/C10H14O6/c1-6(2)9(12)15-5-8(11)16-7-3-4-14-10(7)13/h7,10,13H,1,3-5H2,2H3. The van der Waals surface area contributed by atoms with Gasteiger partial charge in [-0.2, -0.15) is 0 Å². The Labute approximate surface area is 92.8 Å². The van der Waals surface area contributed by atoms with E-state index in [-0.39, 0.29) is 5.57 Å². The number of carbonyl (C=O) groups excluding carboxylic acids is 2. The molecule has 0 radical (unpaired) electrons. The molecule has 6 heteroatoms. The maximum absolute atomic E-state index is 11.2. The minimum Gasteiger partial charge on any atom is -0.454 e. The summed E-state index contributed by atoms with van der Waals surface area (Å²) in [7, 11) is 0. The monoisotopic (exact) mass is 230 g/mol. The molecule has 0 saturated carbocycles. The van der Waals surface area contributed by atoms with Crippen molar-refractivity contribution in [3.63, 3.8) is 0 Å². The molecule has 0 aromatic carbocycles. The molecule has 2 unspecified atom stereocenters. The second-order valence-electron chi connectivity index (χ2n) is 3.43. The van der Waals surface area contributed by atoms with E-state index in [1.807, 2.05) is 0 Å². The van der Waals surface area contributed by atoms with Gasteiger partial charge in [0, 0.05) is 12.0 Å². The highest BCUT2D eigenvalue weighted by Gasteiger charge is 2.29. The fourth-order valence-corrected chi connectivity index (χ4v) is 1.12. The quantitative estimate of drug-likeness (QED) is 0.530. The molecule has 1 N–H and O–H groups in total. The maximum atomic E-state index is 11.2. The first-order valence-corrected chi connectivity index (χ1v) is 4.82. The molecule has 1 saturated heterocycles. The van der Waals surface area contributed by atoms with Gasteiger partial charge >= 0.3 is 11.9 Å². The average molecular weight is 230 g/mol. The zero-order chi connectivity index (χ0) is 12.1. The first-order valence-electron chi connectivity index (χ1n) is 4.82. The van der Waals surface area contributed by atoms with Gasteiger partial charge in [0.2, 0.25) is 0 Å². The number of carbonyl (C=O) groups is 2. The molecular weight excluding hydrogens is 216 g/mol. The largest absolute Gasteiger partial charge is 0.454 e. The molecule has 6 nitrogen and oxygen atoms in total. The Balaban J connectivity index is 2.25. The summed E-state index contributed by atoms with van der Waals surface area (Å²) in [5.74, 6) is -1.37. The Morgan fingerprint density at radius 3 is 2.75 bits per heavy atom. The fourth-order valence-electron chi connectivity index (χ4n) is 1.12. The van der Waals surface area contributed by atoms with Crippen molar-refractivity contribution in [1.29, 1.82) is 0 Å². The van der Waals surface area contributed by atoms with Crippen molar-refractivity contribution in [2.75, 3.05) is 13.2 Å². The molecule has 1 rings (SSSR count).